The van der Waals surface area contributed by atoms with Crippen LogP contribution < -0.4 is 11.0 Å². The zero-order valence-electron chi connectivity index (χ0n) is 13.9. The summed E-state index contributed by atoms with van der Waals surface area (Å²) in [5.74, 6) is 0.233. The summed E-state index contributed by atoms with van der Waals surface area (Å²) in [4.78, 5) is 16.6. The third-order valence-corrected chi connectivity index (χ3v) is 4.06. The Morgan fingerprint density at radius 3 is 2.46 bits per heavy atom. The van der Waals surface area contributed by atoms with E-state index in [1.54, 1.807) is 24.3 Å². The highest BCUT2D eigenvalue weighted by Gasteiger charge is 2.31. The van der Waals surface area contributed by atoms with Crippen molar-refractivity contribution in [3.63, 3.8) is 0 Å². The third-order valence-electron chi connectivity index (χ3n) is 3.74. The molecule has 0 saturated carbocycles. The van der Waals surface area contributed by atoms with E-state index < -0.39 is 17.4 Å². The van der Waals surface area contributed by atoms with E-state index in [9.17, 15) is 18.0 Å². The van der Waals surface area contributed by atoms with Gasteiger partial charge in [0.15, 0.2) is 0 Å². The molecule has 0 bridgehead atoms. The maximum absolute atomic E-state index is 13.2. The molecule has 3 aromatic rings. The van der Waals surface area contributed by atoms with Crippen LogP contribution in [0.1, 0.15) is 19.4 Å². The van der Waals surface area contributed by atoms with Gasteiger partial charge in [-0.3, -0.25) is 4.57 Å². The number of anilines is 1. The van der Waals surface area contributed by atoms with Gasteiger partial charge in [0.05, 0.1) is 21.8 Å². The molecule has 0 aliphatic heterocycles. The van der Waals surface area contributed by atoms with Crippen LogP contribution in [-0.4, -0.2) is 15.6 Å². The van der Waals surface area contributed by atoms with Gasteiger partial charge in [0.1, 0.15) is 5.82 Å². The molecule has 4 nitrogen and oxygen atoms in total. The van der Waals surface area contributed by atoms with E-state index in [0.29, 0.717) is 5.39 Å². The topological polar surface area (TPSA) is 46.9 Å². The van der Waals surface area contributed by atoms with Crippen LogP contribution >= 0.6 is 11.6 Å². The molecule has 0 saturated heterocycles. The quantitative estimate of drug-likeness (QED) is 0.703. The highest BCUT2D eigenvalue weighted by atomic mass is 35.5. The van der Waals surface area contributed by atoms with Crippen LogP contribution in [0.5, 0.6) is 0 Å². The van der Waals surface area contributed by atoms with E-state index in [-0.39, 0.29) is 28.1 Å². The molecule has 136 valence electrons. The standard InChI is InChI=1S/C18H15ClF3N3O/c1-10(2)23-16-12-8-7-11(18(20,21)22)9-15(12)25(17(26)24-16)14-6-4-3-5-13(14)19/h3-10H,1-2H3,(H,23,24,26). The van der Waals surface area contributed by atoms with Crippen molar-refractivity contribution in [2.45, 2.75) is 26.1 Å². The fourth-order valence-electron chi connectivity index (χ4n) is 2.65. The van der Waals surface area contributed by atoms with Gasteiger partial charge >= 0.3 is 11.9 Å². The SMILES string of the molecule is CC(C)Nc1nc(=O)n(-c2ccccc2Cl)c2cc(C(F)(F)F)ccc12. The van der Waals surface area contributed by atoms with Crippen LogP contribution in [0.2, 0.25) is 5.02 Å². The molecule has 0 aliphatic carbocycles. The molecule has 8 heteroatoms. The van der Waals surface area contributed by atoms with E-state index in [2.05, 4.69) is 10.3 Å². The smallest absolute Gasteiger partial charge is 0.367 e. The average Bonchev–Trinajstić information content (AvgIpc) is 2.54. The monoisotopic (exact) mass is 381 g/mol. The molecule has 0 radical (unpaired) electrons. The summed E-state index contributed by atoms with van der Waals surface area (Å²) in [5.41, 5.74) is -1.22. The Bertz CT molecular complexity index is 1030. The molecule has 1 heterocycles. The molecule has 0 spiro atoms. The van der Waals surface area contributed by atoms with Gasteiger partial charge in [0, 0.05) is 11.4 Å². The van der Waals surface area contributed by atoms with Crippen LogP contribution in [0.15, 0.2) is 47.3 Å². The summed E-state index contributed by atoms with van der Waals surface area (Å²) in [6.07, 6.45) is -4.54. The number of nitrogens with zero attached hydrogens (tertiary/aromatic N) is 2. The average molecular weight is 382 g/mol. The van der Waals surface area contributed by atoms with Crippen LogP contribution in [0.3, 0.4) is 0 Å². The maximum Gasteiger partial charge on any atom is 0.416 e. The maximum atomic E-state index is 13.2. The van der Waals surface area contributed by atoms with Crippen molar-refractivity contribution >= 4 is 28.3 Å². The largest absolute Gasteiger partial charge is 0.416 e. The molecule has 1 N–H and O–H groups in total. The fourth-order valence-corrected chi connectivity index (χ4v) is 2.87. The number of hydrogen-bond donors (Lipinski definition) is 1. The van der Waals surface area contributed by atoms with Crippen molar-refractivity contribution in [3.8, 4) is 5.69 Å². The lowest BCUT2D eigenvalue weighted by Crippen LogP contribution is -2.25. The number of alkyl halides is 3. The first-order valence-corrected chi connectivity index (χ1v) is 8.21. The molecule has 26 heavy (non-hydrogen) atoms. The molecule has 0 amide bonds. The van der Waals surface area contributed by atoms with Crippen molar-refractivity contribution in [1.29, 1.82) is 0 Å². The van der Waals surface area contributed by atoms with Crippen LogP contribution in [0.4, 0.5) is 19.0 Å². The highest BCUT2D eigenvalue weighted by molar-refractivity contribution is 6.32. The second-order valence-electron chi connectivity index (χ2n) is 6.06. The second kappa shape index (κ2) is 6.64. The van der Waals surface area contributed by atoms with E-state index in [1.165, 1.54) is 6.07 Å². The molecule has 2 aromatic carbocycles. The predicted octanol–water partition coefficient (Wildman–Crippen LogP) is 4.88. The van der Waals surface area contributed by atoms with E-state index in [0.717, 1.165) is 16.7 Å². The first-order valence-electron chi connectivity index (χ1n) is 7.84. The first kappa shape index (κ1) is 18.3. The highest BCUT2D eigenvalue weighted by Crippen LogP contribution is 2.33. The molecule has 0 atom stereocenters. The van der Waals surface area contributed by atoms with Crippen molar-refractivity contribution in [1.82, 2.24) is 9.55 Å². The summed E-state index contributed by atoms with van der Waals surface area (Å²) in [6.45, 7) is 3.69. The van der Waals surface area contributed by atoms with Gasteiger partial charge < -0.3 is 5.32 Å². The third kappa shape index (κ3) is 3.39. The van der Waals surface area contributed by atoms with Gasteiger partial charge in [0.2, 0.25) is 0 Å². The Morgan fingerprint density at radius 2 is 1.85 bits per heavy atom. The number of para-hydroxylation sites is 1. The van der Waals surface area contributed by atoms with E-state index in [4.69, 9.17) is 11.6 Å². The lowest BCUT2D eigenvalue weighted by molar-refractivity contribution is -0.137. The number of halogens is 4. The summed E-state index contributed by atoms with van der Waals surface area (Å²) < 4.78 is 40.7. The number of fused-ring (bicyclic) bond motifs is 1. The van der Waals surface area contributed by atoms with Gasteiger partial charge in [0.25, 0.3) is 0 Å². The number of aromatic nitrogens is 2. The lowest BCUT2D eigenvalue weighted by Gasteiger charge is -2.17. The summed E-state index contributed by atoms with van der Waals surface area (Å²) in [6, 6.07) is 9.59. The fraction of sp³-hybridized carbons (Fsp3) is 0.222. The van der Waals surface area contributed by atoms with E-state index >= 15 is 0 Å². The molecule has 0 aliphatic rings. The molecule has 3 rings (SSSR count). The Morgan fingerprint density at radius 1 is 1.15 bits per heavy atom. The van der Waals surface area contributed by atoms with Crippen molar-refractivity contribution < 1.29 is 13.2 Å². The summed E-state index contributed by atoms with van der Waals surface area (Å²) in [7, 11) is 0. The predicted molar refractivity (Wildman–Crippen MR) is 96.1 cm³/mol. The van der Waals surface area contributed by atoms with Crippen LogP contribution in [-0.2, 0) is 6.18 Å². The Hall–Kier alpha value is -2.54. The number of hydrogen-bond acceptors (Lipinski definition) is 3. The van der Waals surface area contributed by atoms with Crippen molar-refractivity contribution in [2.24, 2.45) is 0 Å². The summed E-state index contributed by atoms with van der Waals surface area (Å²) >= 11 is 6.16. The first-order chi connectivity index (χ1) is 12.2. The van der Waals surface area contributed by atoms with Gasteiger partial charge in [-0.25, -0.2) is 4.79 Å². The molecular formula is C18H15ClF3N3O. The van der Waals surface area contributed by atoms with Crippen molar-refractivity contribution in [2.75, 3.05) is 5.32 Å². The van der Waals surface area contributed by atoms with Crippen LogP contribution in [0, 0.1) is 0 Å². The minimum absolute atomic E-state index is 0.0523. The number of nitrogens with one attached hydrogen (secondary N) is 1. The molecule has 1 aromatic heterocycles. The zero-order valence-corrected chi connectivity index (χ0v) is 14.7. The molecule has 0 unspecified atom stereocenters. The van der Waals surface area contributed by atoms with Gasteiger partial charge in [-0.15, -0.1) is 0 Å². The normalized spacial score (nSPS) is 12.0. The van der Waals surface area contributed by atoms with Gasteiger partial charge in [-0.1, -0.05) is 23.7 Å². The molecule has 0 fully saturated rings. The van der Waals surface area contributed by atoms with Gasteiger partial charge in [-0.2, -0.15) is 18.2 Å². The van der Waals surface area contributed by atoms with Gasteiger partial charge in [-0.05, 0) is 44.2 Å². The zero-order chi connectivity index (χ0) is 19.1. The van der Waals surface area contributed by atoms with E-state index in [1.807, 2.05) is 13.8 Å². The lowest BCUT2D eigenvalue weighted by atomic mass is 10.1. The minimum atomic E-state index is -4.54. The Kier molecular flexibility index (Phi) is 4.66. The van der Waals surface area contributed by atoms with Crippen LogP contribution in [0.25, 0.3) is 16.6 Å². The number of rotatable bonds is 3. The minimum Gasteiger partial charge on any atom is -0.367 e. The molecular weight excluding hydrogens is 367 g/mol. The Balaban J connectivity index is 2.42. The Labute approximate surface area is 152 Å². The number of benzene rings is 2. The van der Waals surface area contributed by atoms with Crippen molar-refractivity contribution in [3.05, 3.63) is 63.5 Å². The summed E-state index contributed by atoms with van der Waals surface area (Å²) in [5, 5.41) is 3.63. The second-order valence-corrected chi connectivity index (χ2v) is 6.47.